The van der Waals surface area contributed by atoms with E-state index in [9.17, 15) is 14.9 Å². The Morgan fingerprint density at radius 3 is 2.58 bits per heavy atom. The number of benzene rings is 2. The first kappa shape index (κ1) is 20.6. The summed E-state index contributed by atoms with van der Waals surface area (Å²) in [6.07, 6.45) is 0.440. The fourth-order valence-electron chi connectivity index (χ4n) is 3.55. The molecule has 1 unspecified atom stereocenters. The van der Waals surface area contributed by atoms with Gasteiger partial charge in [-0.3, -0.25) is 15.1 Å². The molecule has 0 bridgehead atoms. The Balaban J connectivity index is 1.45. The number of carbonyl (C=O) groups is 1. The highest BCUT2D eigenvalue weighted by atomic mass is 16.6. The standard InChI is InChI=1S/C21H23N7O3/c1-26-9-11-27(12-10-26)25-24-17-7-5-15(6-8-17)19-14-20(23-21(29)22-19)16-3-2-4-18(13-16)28(30)31/h2-8,13,20H,9-12,14H2,1H3,(H,23,29). The molecule has 2 amide bonds. The van der Waals surface area contributed by atoms with E-state index >= 15 is 0 Å². The van der Waals surface area contributed by atoms with Crippen molar-refractivity contribution >= 4 is 23.1 Å². The molecule has 2 aliphatic rings. The zero-order chi connectivity index (χ0) is 21.8. The molecule has 1 atom stereocenters. The molecule has 0 aliphatic carbocycles. The number of non-ortho nitro benzene ring substituents is 1. The van der Waals surface area contributed by atoms with E-state index in [1.54, 1.807) is 12.1 Å². The van der Waals surface area contributed by atoms with Gasteiger partial charge >= 0.3 is 6.03 Å². The Morgan fingerprint density at radius 2 is 1.87 bits per heavy atom. The van der Waals surface area contributed by atoms with E-state index in [0.717, 1.165) is 37.4 Å². The smallest absolute Gasteiger partial charge is 0.329 e. The monoisotopic (exact) mass is 421 g/mol. The summed E-state index contributed by atoms with van der Waals surface area (Å²) in [7, 11) is 2.09. The molecule has 4 rings (SSSR count). The number of nitro benzene ring substituents is 1. The van der Waals surface area contributed by atoms with Crippen molar-refractivity contribution in [3.05, 3.63) is 69.8 Å². The van der Waals surface area contributed by atoms with E-state index in [1.807, 2.05) is 29.3 Å². The van der Waals surface area contributed by atoms with Crippen molar-refractivity contribution in [3.8, 4) is 0 Å². The molecule has 160 valence electrons. The largest absolute Gasteiger partial charge is 0.341 e. The molecule has 0 radical (unpaired) electrons. The van der Waals surface area contributed by atoms with Crippen LogP contribution in [0.1, 0.15) is 23.6 Å². The summed E-state index contributed by atoms with van der Waals surface area (Å²) in [5.41, 5.74) is 2.82. The Kier molecular flexibility index (Phi) is 5.99. The van der Waals surface area contributed by atoms with Gasteiger partial charge in [0.25, 0.3) is 5.69 Å². The molecule has 0 saturated carbocycles. The van der Waals surface area contributed by atoms with Crippen LogP contribution in [0.2, 0.25) is 0 Å². The topological polar surface area (TPSA) is 116 Å². The Labute approximate surface area is 179 Å². The summed E-state index contributed by atoms with van der Waals surface area (Å²) in [6.45, 7) is 3.63. The average molecular weight is 421 g/mol. The zero-order valence-corrected chi connectivity index (χ0v) is 17.1. The van der Waals surface area contributed by atoms with Crippen molar-refractivity contribution in [3.63, 3.8) is 0 Å². The number of nitro groups is 1. The minimum atomic E-state index is -0.461. The molecule has 2 aliphatic heterocycles. The third kappa shape index (κ3) is 5.10. The molecule has 2 aromatic rings. The Hall–Kier alpha value is -3.66. The summed E-state index contributed by atoms with van der Waals surface area (Å²) in [5.74, 6) is 0. The van der Waals surface area contributed by atoms with Gasteiger partial charge in [-0.05, 0) is 30.3 Å². The van der Waals surface area contributed by atoms with Crippen LogP contribution in [0.5, 0.6) is 0 Å². The van der Waals surface area contributed by atoms with E-state index in [1.165, 1.54) is 12.1 Å². The SMILES string of the molecule is CN1CCN(N=Nc2ccc(C3=NC(=O)NC(c4cccc([N+](=O)[O-])c4)C3)cc2)CC1. The molecule has 10 heteroatoms. The molecule has 2 aromatic carbocycles. The lowest BCUT2D eigenvalue weighted by molar-refractivity contribution is -0.384. The predicted octanol–water partition coefficient (Wildman–Crippen LogP) is 3.48. The summed E-state index contributed by atoms with van der Waals surface area (Å²) >= 11 is 0. The molecular formula is C21H23N7O3. The van der Waals surface area contributed by atoms with Gasteiger partial charge < -0.3 is 10.2 Å². The van der Waals surface area contributed by atoms with Gasteiger partial charge in [0.05, 0.1) is 35.5 Å². The lowest BCUT2D eigenvalue weighted by Gasteiger charge is -2.29. The second kappa shape index (κ2) is 9.00. The molecule has 2 heterocycles. The highest BCUT2D eigenvalue weighted by Crippen LogP contribution is 2.27. The molecule has 1 N–H and O–H groups in total. The van der Waals surface area contributed by atoms with Gasteiger partial charge in [-0.15, -0.1) is 5.11 Å². The van der Waals surface area contributed by atoms with Crippen LogP contribution in [0, 0.1) is 10.1 Å². The highest BCUT2D eigenvalue weighted by Gasteiger charge is 2.24. The fraction of sp³-hybridized carbons (Fsp3) is 0.333. The van der Waals surface area contributed by atoms with Crippen molar-refractivity contribution in [1.29, 1.82) is 0 Å². The molecular weight excluding hydrogens is 398 g/mol. The van der Waals surface area contributed by atoms with Crippen molar-refractivity contribution < 1.29 is 9.72 Å². The van der Waals surface area contributed by atoms with E-state index in [4.69, 9.17) is 0 Å². The van der Waals surface area contributed by atoms with E-state index in [-0.39, 0.29) is 11.7 Å². The Bertz CT molecular complexity index is 1030. The maximum absolute atomic E-state index is 12.1. The maximum atomic E-state index is 12.1. The van der Waals surface area contributed by atoms with E-state index < -0.39 is 11.0 Å². The van der Waals surface area contributed by atoms with Crippen molar-refractivity contribution in [2.75, 3.05) is 33.2 Å². The van der Waals surface area contributed by atoms with Gasteiger partial charge in [-0.1, -0.05) is 29.5 Å². The normalized spacial score (nSPS) is 19.9. The maximum Gasteiger partial charge on any atom is 0.341 e. The van der Waals surface area contributed by atoms with Crippen molar-refractivity contribution in [2.45, 2.75) is 12.5 Å². The Morgan fingerprint density at radius 1 is 1.13 bits per heavy atom. The van der Waals surface area contributed by atoms with Gasteiger partial charge in [0.15, 0.2) is 0 Å². The number of nitrogens with zero attached hydrogens (tertiary/aromatic N) is 6. The first-order chi connectivity index (χ1) is 15.0. The molecule has 10 nitrogen and oxygen atoms in total. The lowest BCUT2D eigenvalue weighted by atomic mass is 9.95. The predicted molar refractivity (Wildman–Crippen MR) is 116 cm³/mol. The minimum absolute atomic E-state index is 0.00845. The van der Waals surface area contributed by atoms with Gasteiger partial charge in [-0.25, -0.2) is 4.79 Å². The number of amides is 2. The summed E-state index contributed by atoms with van der Waals surface area (Å²) < 4.78 is 0. The van der Waals surface area contributed by atoms with E-state index in [2.05, 4.69) is 32.6 Å². The second-order valence-electron chi connectivity index (χ2n) is 7.61. The average Bonchev–Trinajstić information content (AvgIpc) is 2.79. The van der Waals surface area contributed by atoms with Crippen LogP contribution in [0.15, 0.2) is 63.9 Å². The van der Waals surface area contributed by atoms with Gasteiger partial charge in [0.2, 0.25) is 0 Å². The molecule has 0 spiro atoms. The van der Waals surface area contributed by atoms with Gasteiger partial charge in [-0.2, -0.15) is 4.99 Å². The number of hydrogen-bond acceptors (Lipinski definition) is 6. The first-order valence-corrected chi connectivity index (χ1v) is 10.1. The molecule has 1 saturated heterocycles. The third-order valence-corrected chi connectivity index (χ3v) is 5.38. The number of hydrogen-bond donors (Lipinski definition) is 1. The highest BCUT2D eigenvalue weighted by molar-refractivity contribution is 6.08. The fourth-order valence-corrected chi connectivity index (χ4v) is 3.55. The molecule has 1 fully saturated rings. The number of nitrogens with one attached hydrogen (secondary N) is 1. The van der Waals surface area contributed by atoms with Crippen LogP contribution in [0.4, 0.5) is 16.2 Å². The van der Waals surface area contributed by atoms with Gasteiger partial charge in [0, 0.05) is 31.6 Å². The lowest BCUT2D eigenvalue weighted by Crippen LogP contribution is -2.41. The number of piperazine rings is 1. The van der Waals surface area contributed by atoms with Crippen LogP contribution in [0.3, 0.4) is 0 Å². The quantitative estimate of drug-likeness (QED) is 0.451. The summed E-state index contributed by atoms with van der Waals surface area (Å²) in [5, 5.41) is 24.4. The number of carbonyl (C=O) groups excluding carboxylic acids is 1. The zero-order valence-electron chi connectivity index (χ0n) is 17.1. The van der Waals surface area contributed by atoms with Crippen LogP contribution >= 0.6 is 0 Å². The van der Waals surface area contributed by atoms with Crippen LogP contribution in [-0.4, -0.2) is 59.8 Å². The number of urea groups is 1. The molecule has 0 aromatic heterocycles. The summed E-state index contributed by atoms with van der Waals surface area (Å²) in [4.78, 5) is 29.1. The van der Waals surface area contributed by atoms with Crippen molar-refractivity contribution in [1.82, 2.24) is 15.2 Å². The number of likely N-dealkylation sites (N-methyl/N-ethyl adjacent to an activating group) is 1. The number of aliphatic imine (C=N–C) groups is 1. The van der Waals surface area contributed by atoms with Crippen LogP contribution in [-0.2, 0) is 0 Å². The molecule has 31 heavy (non-hydrogen) atoms. The second-order valence-corrected chi connectivity index (χ2v) is 7.61. The van der Waals surface area contributed by atoms with Crippen LogP contribution < -0.4 is 5.32 Å². The van der Waals surface area contributed by atoms with E-state index in [0.29, 0.717) is 17.7 Å². The minimum Gasteiger partial charge on any atom is -0.329 e. The van der Waals surface area contributed by atoms with Gasteiger partial charge in [0.1, 0.15) is 0 Å². The number of rotatable bonds is 5. The third-order valence-electron chi connectivity index (χ3n) is 5.38. The summed E-state index contributed by atoms with van der Waals surface area (Å²) in [6, 6.07) is 12.9. The van der Waals surface area contributed by atoms with Crippen molar-refractivity contribution in [2.24, 2.45) is 15.3 Å². The van der Waals surface area contributed by atoms with Crippen LogP contribution in [0.25, 0.3) is 0 Å². The first-order valence-electron chi connectivity index (χ1n) is 10.1.